The highest BCUT2D eigenvalue weighted by Crippen LogP contribution is 2.28. The van der Waals surface area contributed by atoms with Gasteiger partial charge in [-0.1, -0.05) is 18.2 Å². The summed E-state index contributed by atoms with van der Waals surface area (Å²) in [4.78, 5) is 25.0. The molecule has 0 aliphatic heterocycles. The lowest BCUT2D eigenvalue weighted by Crippen LogP contribution is -2.27. The predicted octanol–water partition coefficient (Wildman–Crippen LogP) is 4.30. The first kappa shape index (κ1) is 22.0. The Balaban J connectivity index is 1.61. The average Bonchev–Trinajstić information content (AvgIpc) is 3.31. The van der Waals surface area contributed by atoms with Crippen LogP contribution in [0.1, 0.15) is 40.3 Å². The number of nitrogens with one attached hydrogen (secondary N) is 2. The first-order valence-electron chi connectivity index (χ1n) is 10.2. The van der Waals surface area contributed by atoms with Gasteiger partial charge in [0.25, 0.3) is 11.8 Å². The smallest absolute Gasteiger partial charge is 0.291 e. The number of hydrogen-bond donors (Lipinski definition) is 2. The molecule has 162 valence electrons. The van der Waals surface area contributed by atoms with Crippen molar-refractivity contribution in [2.75, 3.05) is 25.1 Å². The van der Waals surface area contributed by atoms with Gasteiger partial charge >= 0.3 is 0 Å². The Labute approximate surface area is 181 Å². The molecule has 3 aromatic rings. The molecule has 0 atom stereocenters. The summed E-state index contributed by atoms with van der Waals surface area (Å²) in [5.74, 6) is 0.891. The summed E-state index contributed by atoms with van der Waals surface area (Å²) in [6.07, 6.45) is 2.05. The van der Waals surface area contributed by atoms with Crippen molar-refractivity contribution in [2.45, 2.75) is 20.3 Å². The van der Waals surface area contributed by atoms with Crippen LogP contribution in [0.5, 0.6) is 11.5 Å². The highest BCUT2D eigenvalue weighted by Gasteiger charge is 2.15. The van der Waals surface area contributed by atoms with E-state index in [0.717, 1.165) is 5.56 Å². The Bertz CT molecular complexity index is 1010. The molecule has 1 aromatic heterocycles. The number of carbonyl (C=O) groups is 2. The molecule has 0 saturated carbocycles. The second-order valence-corrected chi connectivity index (χ2v) is 6.63. The van der Waals surface area contributed by atoms with E-state index >= 15 is 0 Å². The maximum Gasteiger partial charge on any atom is 0.291 e. The van der Waals surface area contributed by atoms with Crippen LogP contribution in [0.2, 0.25) is 0 Å². The molecule has 0 radical (unpaired) electrons. The van der Waals surface area contributed by atoms with Crippen LogP contribution < -0.4 is 20.1 Å². The van der Waals surface area contributed by atoms with Crippen molar-refractivity contribution in [1.82, 2.24) is 5.32 Å². The fourth-order valence-corrected chi connectivity index (χ4v) is 3.05. The van der Waals surface area contributed by atoms with Crippen LogP contribution in [-0.4, -0.2) is 31.6 Å². The number of ether oxygens (including phenoxy) is 2. The highest BCUT2D eigenvalue weighted by molar-refractivity contribution is 6.07. The van der Waals surface area contributed by atoms with Gasteiger partial charge in [-0.15, -0.1) is 0 Å². The third-order valence-corrected chi connectivity index (χ3v) is 4.47. The number of anilines is 1. The Morgan fingerprint density at radius 1 is 0.903 bits per heavy atom. The van der Waals surface area contributed by atoms with E-state index in [1.807, 2.05) is 32.0 Å². The molecule has 2 aromatic carbocycles. The van der Waals surface area contributed by atoms with Gasteiger partial charge in [-0.05, 0) is 62.2 Å². The van der Waals surface area contributed by atoms with Gasteiger partial charge in [0.2, 0.25) is 0 Å². The van der Waals surface area contributed by atoms with Crippen molar-refractivity contribution >= 4 is 17.5 Å². The highest BCUT2D eigenvalue weighted by atomic mass is 16.5. The van der Waals surface area contributed by atoms with Crippen molar-refractivity contribution in [2.24, 2.45) is 0 Å². The van der Waals surface area contributed by atoms with Gasteiger partial charge in [0.05, 0.1) is 30.7 Å². The molecule has 1 heterocycles. The number of carbonyl (C=O) groups excluding carboxylic acids is 2. The van der Waals surface area contributed by atoms with Crippen LogP contribution in [0.15, 0.2) is 65.3 Å². The molecule has 0 fully saturated rings. The summed E-state index contributed by atoms with van der Waals surface area (Å²) in [5, 5.41) is 5.62. The number of furan rings is 1. The Morgan fingerprint density at radius 2 is 1.68 bits per heavy atom. The van der Waals surface area contributed by atoms with Gasteiger partial charge in [0.15, 0.2) is 17.3 Å². The van der Waals surface area contributed by atoms with E-state index in [-0.39, 0.29) is 11.7 Å². The maximum atomic E-state index is 12.7. The summed E-state index contributed by atoms with van der Waals surface area (Å²) in [5.41, 5.74) is 1.82. The fourth-order valence-electron chi connectivity index (χ4n) is 3.05. The quantitative estimate of drug-likeness (QED) is 0.508. The van der Waals surface area contributed by atoms with E-state index in [1.165, 1.54) is 6.26 Å². The topological polar surface area (TPSA) is 89.8 Å². The minimum absolute atomic E-state index is 0.177. The predicted molar refractivity (Wildman–Crippen MR) is 118 cm³/mol. The van der Waals surface area contributed by atoms with Crippen LogP contribution in [0.4, 0.5) is 5.69 Å². The van der Waals surface area contributed by atoms with Crippen molar-refractivity contribution in [3.63, 3.8) is 0 Å². The normalized spacial score (nSPS) is 10.4. The minimum atomic E-state index is -0.414. The SMILES string of the molecule is CCOc1ccc(CCNC(=O)c2ccccc2NC(=O)c2ccco2)cc1OCC. The molecular formula is C24H26N2O5. The van der Waals surface area contributed by atoms with Crippen LogP contribution in [0, 0.1) is 0 Å². The van der Waals surface area contributed by atoms with E-state index in [9.17, 15) is 9.59 Å². The summed E-state index contributed by atoms with van der Waals surface area (Å²) in [6.45, 7) is 5.38. The van der Waals surface area contributed by atoms with E-state index in [0.29, 0.717) is 48.9 Å². The number of rotatable bonds is 10. The minimum Gasteiger partial charge on any atom is -0.490 e. The van der Waals surface area contributed by atoms with E-state index in [4.69, 9.17) is 13.9 Å². The third kappa shape index (κ3) is 5.88. The first-order chi connectivity index (χ1) is 15.1. The van der Waals surface area contributed by atoms with Crippen molar-refractivity contribution in [1.29, 1.82) is 0 Å². The van der Waals surface area contributed by atoms with Gasteiger partial charge in [0.1, 0.15) is 0 Å². The summed E-state index contributed by atoms with van der Waals surface area (Å²) >= 11 is 0. The lowest BCUT2D eigenvalue weighted by molar-refractivity contribution is 0.0955. The number of amides is 2. The molecule has 0 aliphatic rings. The fraction of sp³-hybridized carbons (Fsp3) is 0.250. The number of para-hydroxylation sites is 1. The van der Waals surface area contributed by atoms with Gasteiger partial charge in [0, 0.05) is 6.54 Å². The maximum absolute atomic E-state index is 12.7. The molecule has 0 aliphatic carbocycles. The first-order valence-corrected chi connectivity index (χ1v) is 10.2. The molecule has 7 heteroatoms. The molecule has 0 spiro atoms. The molecule has 0 saturated heterocycles. The molecule has 2 amide bonds. The van der Waals surface area contributed by atoms with E-state index in [2.05, 4.69) is 10.6 Å². The third-order valence-electron chi connectivity index (χ3n) is 4.47. The zero-order valence-corrected chi connectivity index (χ0v) is 17.6. The van der Waals surface area contributed by atoms with Crippen LogP contribution in [0.3, 0.4) is 0 Å². The zero-order valence-electron chi connectivity index (χ0n) is 17.6. The van der Waals surface area contributed by atoms with Gasteiger partial charge in [-0.2, -0.15) is 0 Å². The van der Waals surface area contributed by atoms with Gasteiger partial charge in [-0.3, -0.25) is 9.59 Å². The second-order valence-electron chi connectivity index (χ2n) is 6.63. The molecule has 0 bridgehead atoms. The van der Waals surface area contributed by atoms with Crippen LogP contribution >= 0.6 is 0 Å². The Hall–Kier alpha value is -3.74. The van der Waals surface area contributed by atoms with Crippen LogP contribution in [-0.2, 0) is 6.42 Å². The Kier molecular flexibility index (Phi) is 7.70. The van der Waals surface area contributed by atoms with Crippen molar-refractivity contribution < 1.29 is 23.5 Å². The number of hydrogen-bond acceptors (Lipinski definition) is 5. The summed E-state index contributed by atoms with van der Waals surface area (Å²) in [6, 6.07) is 15.8. The standard InChI is InChI=1S/C24H26N2O5/c1-3-29-20-12-11-17(16-22(20)30-4-2)13-14-25-23(27)18-8-5-6-9-19(18)26-24(28)21-10-7-15-31-21/h5-12,15-16H,3-4,13-14H2,1-2H3,(H,25,27)(H,26,28). The van der Waals surface area contributed by atoms with Gasteiger partial charge < -0.3 is 24.5 Å². The second kappa shape index (κ2) is 10.9. The van der Waals surface area contributed by atoms with Gasteiger partial charge in [-0.25, -0.2) is 0 Å². The molecular weight excluding hydrogens is 396 g/mol. The molecule has 0 unspecified atom stereocenters. The average molecular weight is 422 g/mol. The lowest BCUT2D eigenvalue weighted by Gasteiger charge is -2.13. The largest absolute Gasteiger partial charge is 0.490 e. The Morgan fingerprint density at radius 3 is 2.42 bits per heavy atom. The van der Waals surface area contributed by atoms with Crippen molar-refractivity contribution in [3.8, 4) is 11.5 Å². The molecule has 7 nitrogen and oxygen atoms in total. The van der Waals surface area contributed by atoms with E-state index < -0.39 is 5.91 Å². The summed E-state index contributed by atoms with van der Waals surface area (Å²) < 4.78 is 16.3. The monoisotopic (exact) mass is 422 g/mol. The molecule has 31 heavy (non-hydrogen) atoms. The number of benzene rings is 2. The zero-order chi connectivity index (χ0) is 22.1. The van der Waals surface area contributed by atoms with Crippen LogP contribution in [0.25, 0.3) is 0 Å². The lowest BCUT2D eigenvalue weighted by atomic mass is 10.1. The summed E-state index contributed by atoms with van der Waals surface area (Å²) in [7, 11) is 0. The van der Waals surface area contributed by atoms with E-state index in [1.54, 1.807) is 36.4 Å². The molecule has 2 N–H and O–H groups in total. The molecule has 3 rings (SSSR count). The van der Waals surface area contributed by atoms with Crippen molar-refractivity contribution in [3.05, 3.63) is 77.7 Å².